The molecule has 0 spiro atoms. The first-order valence-corrected chi connectivity index (χ1v) is 26.6. The topological polar surface area (TPSA) is 353 Å². The van der Waals surface area contributed by atoms with E-state index < -0.39 is 156 Å². The van der Waals surface area contributed by atoms with Gasteiger partial charge < -0.3 is 105 Å². The van der Waals surface area contributed by atoms with Crippen molar-refractivity contribution in [3.05, 3.63) is 11.8 Å². The number of alkyl carbamates (subject to hydrolysis) is 3. The summed E-state index contributed by atoms with van der Waals surface area (Å²) in [5, 5.41) is 72.1. The summed E-state index contributed by atoms with van der Waals surface area (Å²) in [5.41, 5.74) is -6.41. The number of aliphatic hydroxyl groups is 5. The normalized spacial score (nSPS) is 28.7. The molecule has 0 radical (unpaired) electrons. The summed E-state index contributed by atoms with van der Waals surface area (Å²) in [6.07, 6.45) is -15.9. The van der Waals surface area contributed by atoms with Crippen LogP contribution >= 0.6 is 0 Å². The fraction of sp³-hybridized carbons (Fsp3) is 0.846. The number of amides is 6. The first-order valence-electron chi connectivity index (χ1n) is 26.6. The highest BCUT2D eigenvalue weighted by Gasteiger charge is 2.55. The van der Waals surface area contributed by atoms with Gasteiger partial charge in [-0.3, -0.25) is 4.79 Å². The molecule has 0 aromatic heterocycles. The van der Waals surface area contributed by atoms with Gasteiger partial charge in [0.1, 0.15) is 69.9 Å². The Morgan fingerprint density at radius 1 is 0.696 bits per heavy atom. The molecule has 454 valence electrons. The fourth-order valence-corrected chi connectivity index (χ4v) is 8.86. The molecule has 13 atom stereocenters. The quantitative estimate of drug-likeness (QED) is 0.0986. The maximum Gasteiger partial charge on any atom is 0.410 e. The summed E-state index contributed by atoms with van der Waals surface area (Å²) in [7, 11) is 1.30. The molecule has 0 aromatic carbocycles. The van der Waals surface area contributed by atoms with Crippen LogP contribution in [0.15, 0.2) is 11.8 Å². The van der Waals surface area contributed by atoms with Crippen LogP contribution in [0.4, 0.5) is 24.0 Å². The van der Waals surface area contributed by atoms with Crippen molar-refractivity contribution in [1.29, 1.82) is 0 Å². The van der Waals surface area contributed by atoms with Gasteiger partial charge in [-0.05, 0) is 130 Å². The van der Waals surface area contributed by atoms with Gasteiger partial charge in [-0.25, -0.2) is 24.0 Å². The third-order valence-electron chi connectivity index (χ3n) is 12.2. The number of ether oxygens (including phenoxy) is 9. The van der Waals surface area contributed by atoms with Crippen LogP contribution in [0, 0.1) is 5.92 Å². The number of aliphatic hydroxyl groups excluding tert-OH is 4. The van der Waals surface area contributed by atoms with Crippen LogP contribution in [-0.2, 0) is 47.4 Å². The smallest absolute Gasteiger partial charge is 0.410 e. The van der Waals surface area contributed by atoms with Crippen molar-refractivity contribution in [2.45, 2.75) is 231 Å². The molecule has 79 heavy (non-hydrogen) atoms. The lowest BCUT2D eigenvalue weighted by atomic mass is 9.82. The van der Waals surface area contributed by atoms with E-state index in [1.54, 1.807) is 110 Å². The minimum atomic E-state index is -1.95. The van der Waals surface area contributed by atoms with E-state index in [0.29, 0.717) is 0 Å². The number of hydrogen-bond acceptors (Lipinski definition) is 21. The molecule has 27 heteroatoms. The van der Waals surface area contributed by atoms with Gasteiger partial charge in [-0.15, -0.1) is 0 Å². The van der Waals surface area contributed by atoms with Crippen molar-refractivity contribution in [3.63, 3.8) is 0 Å². The maximum atomic E-state index is 14.1. The summed E-state index contributed by atoms with van der Waals surface area (Å²) in [4.78, 5) is 81.8. The second-order valence-electron chi connectivity index (χ2n) is 25.8. The van der Waals surface area contributed by atoms with Crippen molar-refractivity contribution >= 4 is 36.4 Å². The van der Waals surface area contributed by atoms with Crippen molar-refractivity contribution in [2.24, 2.45) is 5.92 Å². The zero-order chi connectivity index (χ0) is 60.0. The highest BCUT2D eigenvalue weighted by atomic mass is 16.7. The van der Waals surface area contributed by atoms with E-state index in [1.165, 1.54) is 18.9 Å². The number of rotatable bonds is 16. The predicted molar refractivity (Wildman–Crippen MR) is 281 cm³/mol. The van der Waals surface area contributed by atoms with E-state index in [-0.39, 0.29) is 51.3 Å². The molecule has 4 rings (SSSR count). The monoisotopic (exact) mass is 1130 g/mol. The summed E-state index contributed by atoms with van der Waals surface area (Å²) in [5.74, 6) is -1.47. The second kappa shape index (κ2) is 26.3. The Balaban J connectivity index is 1.73. The summed E-state index contributed by atoms with van der Waals surface area (Å²) < 4.78 is 52.7. The van der Waals surface area contributed by atoms with E-state index >= 15 is 0 Å². The molecule has 4 aliphatic rings. The molecule has 27 nitrogen and oxygen atoms in total. The Hall–Kier alpha value is -5.00. The van der Waals surface area contributed by atoms with E-state index in [9.17, 15) is 54.3 Å². The zero-order valence-corrected chi connectivity index (χ0v) is 49.0. The largest absolute Gasteiger partial charge is 0.466 e. The lowest BCUT2D eigenvalue weighted by molar-refractivity contribution is -0.311. The molecule has 0 bridgehead atoms. The first-order chi connectivity index (χ1) is 36.0. The molecule has 1 unspecified atom stereocenters. The standard InChI is InChI=1S/C52H91N7O20/c1-47(2,3)75-42(65)54-22-28(60)21-53-23-29-18-19-30(56-43(66)76-48(4,5)6)40(72-29)73-37-32(57-44(67)77-49(7,8)9)20-31(55-39(64)33(61)27-24-59(25-27)46(69)79-51(13,14)15)36(34(37)62)74-41-35(63)38(52(16,70)26-71-41)58(17)45(68)78-50(10,11)12/h18,27-28,30-38,40-41,53,60-63,70H,19-26H2,1-17H3,(H,54,65)(H,55,64)(H,56,66)(H,57,67)/t28?,30-,31-,32+,33+,34-,35-,36+,37-,38-,40-,41-,52+/m1/s1. The molecular weight excluding hydrogens is 1040 g/mol. The van der Waals surface area contributed by atoms with Gasteiger partial charge in [-0.2, -0.15) is 0 Å². The van der Waals surface area contributed by atoms with Crippen molar-refractivity contribution in [2.75, 3.05) is 46.4 Å². The van der Waals surface area contributed by atoms with Crippen LogP contribution in [0.3, 0.4) is 0 Å². The number of hydrogen-bond donors (Lipinski definition) is 10. The van der Waals surface area contributed by atoms with Crippen LogP contribution in [0.2, 0.25) is 0 Å². The lowest BCUT2D eigenvalue weighted by Crippen LogP contribution is -2.71. The fourth-order valence-electron chi connectivity index (χ4n) is 8.86. The molecular formula is C52H91N7O20. The van der Waals surface area contributed by atoms with Crippen molar-refractivity contribution in [1.82, 2.24) is 36.4 Å². The number of nitrogens with zero attached hydrogens (tertiary/aromatic N) is 2. The molecule has 1 saturated carbocycles. The molecule has 3 aliphatic heterocycles. The van der Waals surface area contributed by atoms with E-state index in [0.717, 1.165) is 4.90 Å². The average molecular weight is 1130 g/mol. The minimum absolute atomic E-state index is 0.0202. The molecule has 10 N–H and O–H groups in total. The highest BCUT2D eigenvalue weighted by Crippen LogP contribution is 2.35. The van der Waals surface area contributed by atoms with Crippen LogP contribution in [0.5, 0.6) is 0 Å². The molecule has 3 heterocycles. The van der Waals surface area contributed by atoms with Gasteiger partial charge >= 0.3 is 30.5 Å². The van der Waals surface area contributed by atoms with E-state index in [4.69, 9.17) is 42.6 Å². The average Bonchev–Trinajstić information content (AvgIpc) is 3.23. The summed E-state index contributed by atoms with van der Waals surface area (Å²) in [6.45, 7) is 25.5. The van der Waals surface area contributed by atoms with E-state index in [2.05, 4.69) is 26.6 Å². The molecule has 1 aliphatic carbocycles. The number of likely N-dealkylation sites (N-methyl/N-ethyl adjacent to an activating group) is 1. The number of nitrogens with one attached hydrogen (secondary N) is 5. The highest BCUT2D eigenvalue weighted by molar-refractivity contribution is 5.82. The van der Waals surface area contributed by atoms with Crippen LogP contribution in [0.25, 0.3) is 0 Å². The second-order valence-corrected chi connectivity index (χ2v) is 25.8. The number of likely N-dealkylation sites (tertiary alicyclic amines) is 1. The van der Waals surface area contributed by atoms with Crippen LogP contribution < -0.4 is 26.6 Å². The molecule has 2 saturated heterocycles. The van der Waals surface area contributed by atoms with Gasteiger partial charge in [0.25, 0.3) is 0 Å². The Bertz CT molecular complexity index is 2120. The number of carbonyl (C=O) groups excluding carboxylic acids is 6. The number of carbonyl (C=O) groups is 6. The van der Waals surface area contributed by atoms with Gasteiger partial charge in [0, 0.05) is 39.1 Å². The third kappa shape index (κ3) is 21.1. The Morgan fingerprint density at radius 3 is 1.72 bits per heavy atom. The zero-order valence-electron chi connectivity index (χ0n) is 49.0. The van der Waals surface area contributed by atoms with Crippen LogP contribution in [0.1, 0.15) is 124 Å². The first kappa shape index (κ1) is 66.5. The Morgan fingerprint density at radius 2 is 1.19 bits per heavy atom. The molecule has 0 aromatic rings. The minimum Gasteiger partial charge on any atom is -0.466 e. The van der Waals surface area contributed by atoms with Crippen LogP contribution in [-0.4, -0.2) is 225 Å². The van der Waals surface area contributed by atoms with Gasteiger partial charge in [0.15, 0.2) is 6.29 Å². The molecule has 3 fully saturated rings. The molecule has 6 amide bonds. The lowest BCUT2D eigenvalue weighted by Gasteiger charge is -2.50. The van der Waals surface area contributed by atoms with Gasteiger partial charge in [0.2, 0.25) is 12.2 Å². The van der Waals surface area contributed by atoms with Gasteiger partial charge in [0.05, 0.1) is 43.4 Å². The Kier molecular flexibility index (Phi) is 22.1. The van der Waals surface area contributed by atoms with Gasteiger partial charge in [-0.1, -0.05) is 0 Å². The van der Waals surface area contributed by atoms with Crippen molar-refractivity contribution in [3.8, 4) is 0 Å². The predicted octanol–water partition coefficient (Wildman–Crippen LogP) is 1.83. The summed E-state index contributed by atoms with van der Waals surface area (Å²) >= 11 is 0. The third-order valence-corrected chi connectivity index (χ3v) is 12.2. The van der Waals surface area contributed by atoms with Crippen molar-refractivity contribution < 1.29 is 96.9 Å². The van der Waals surface area contributed by atoms with E-state index in [1.807, 2.05) is 0 Å². The Labute approximate surface area is 463 Å². The SMILES string of the molecule is CN(C(=O)OC(C)(C)C)[C@@H]1[C@@H](O)[C@@H](O[C@@H]2[C@@H](O)[C@H](O[C@H]3OC(CNCC(O)CNC(=O)OC(C)(C)C)=CC[C@H]3NC(=O)OC(C)(C)C)[C@@H](NC(=O)OC(C)(C)C)C[C@H]2NC(=O)[C@@H](O)C2CN(C(=O)OC(C)(C)C)C2)OC[C@]1(C)O. The maximum absolute atomic E-state index is 14.1. The summed E-state index contributed by atoms with van der Waals surface area (Å²) in [6, 6.07) is -5.18.